The Bertz CT molecular complexity index is 1050. The zero-order chi connectivity index (χ0) is 27.7. The summed E-state index contributed by atoms with van der Waals surface area (Å²) >= 11 is 0. The van der Waals surface area contributed by atoms with E-state index >= 15 is 0 Å². The van der Waals surface area contributed by atoms with Gasteiger partial charge in [0.15, 0.2) is 0 Å². The molecule has 2 atom stereocenters. The number of hydrogen-bond donors (Lipinski definition) is 1. The number of nitrogens with one attached hydrogen (secondary N) is 1. The molecule has 1 saturated heterocycles. The van der Waals surface area contributed by atoms with Gasteiger partial charge in [0.05, 0.1) is 31.8 Å². The molecule has 1 amide bonds. The summed E-state index contributed by atoms with van der Waals surface area (Å²) in [6, 6.07) is 8.91. The van der Waals surface area contributed by atoms with E-state index in [2.05, 4.69) is 14.9 Å². The van der Waals surface area contributed by atoms with Crippen LogP contribution in [0.1, 0.15) is 70.1 Å². The number of rotatable bonds is 12. The highest BCUT2D eigenvalue weighted by Gasteiger charge is 2.44. The van der Waals surface area contributed by atoms with E-state index in [4.69, 9.17) is 14.2 Å². The maximum atomic E-state index is 13.0. The van der Waals surface area contributed by atoms with Gasteiger partial charge in [0.1, 0.15) is 18.4 Å². The molecule has 1 aliphatic carbocycles. The third kappa shape index (κ3) is 8.29. The molecule has 2 heterocycles. The van der Waals surface area contributed by atoms with E-state index in [-0.39, 0.29) is 18.6 Å². The molecule has 4 rings (SSSR count). The number of aromatic nitrogens is 2. The minimum Gasteiger partial charge on any atom is -0.468 e. The molecule has 0 bridgehead atoms. The van der Waals surface area contributed by atoms with Gasteiger partial charge in [0.25, 0.3) is 0 Å². The SMILES string of the molecule is COC(=O)C(Cc1cn(CCC2CCCCC2)cn1)NCCC1COC(C)(C)N1C(=O)OCc1ccccc1. The fourth-order valence-electron chi connectivity index (χ4n) is 5.71. The highest BCUT2D eigenvalue weighted by atomic mass is 16.6. The molecule has 1 aliphatic heterocycles. The molecule has 0 spiro atoms. The fourth-order valence-corrected chi connectivity index (χ4v) is 5.71. The van der Waals surface area contributed by atoms with E-state index in [9.17, 15) is 9.59 Å². The summed E-state index contributed by atoms with van der Waals surface area (Å²) in [5, 5.41) is 3.33. The van der Waals surface area contributed by atoms with Crippen LogP contribution < -0.4 is 5.32 Å². The minimum atomic E-state index is -0.773. The molecule has 1 saturated carbocycles. The quantitative estimate of drug-likeness (QED) is 0.390. The minimum absolute atomic E-state index is 0.173. The number of imidazole rings is 1. The summed E-state index contributed by atoms with van der Waals surface area (Å²) in [6.45, 7) is 5.81. The second kappa shape index (κ2) is 13.9. The lowest BCUT2D eigenvalue weighted by Gasteiger charge is -2.33. The van der Waals surface area contributed by atoms with E-state index in [1.165, 1.54) is 45.6 Å². The largest absolute Gasteiger partial charge is 0.468 e. The molecule has 214 valence electrons. The van der Waals surface area contributed by atoms with Crippen molar-refractivity contribution in [1.29, 1.82) is 0 Å². The van der Waals surface area contributed by atoms with E-state index < -0.39 is 17.9 Å². The van der Waals surface area contributed by atoms with Gasteiger partial charge in [0.2, 0.25) is 0 Å². The van der Waals surface area contributed by atoms with Gasteiger partial charge in [-0.1, -0.05) is 62.4 Å². The molecule has 0 radical (unpaired) electrons. The van der Waals surface area contributed by atoms with Crippen LogP contribution in [-0.2, 0) is 38.6 Å². The normalized spacial score (nSPS) is 20.1. The molecule has 9 heteroatoms. The average Bonchev–Trinajstić information content (AvgIpc) is 3.53. The van der Waals surface area contributed by atoms with Crippen LogP contribution >= 0.6 is 0 Å². The van der Waals surface area contributed by atoms with Gasteiger partial charge in [-0.25, -0.2) is 9.78 Å². The Morgan fingerprint density at radius 1 is 1.15 bits per heavy atom. The standard InChI is InChI=1S/C30H44N4O5/c1-30(2)34(29(36)38-20-24-12-8-5-9-13-24)26(21-39-30)14-16-31-27(28(35)37-3)18-25-19-33(22-32-25)17-15-23-10-6-4-7-11-23/h5,8-9,12-13,19,22-23,26-27,31H,4,6-7,10-11,14-18,20-21H2,1-3H3. The van der Waals surface area contributed by atoms with Gasteiger partial charge in [0, 0.05) is 19.2 Å². The lowest BCUT2D eigenvalue weighted by Crippen LogP contribution is -2.49. The van der Waals surface area contributed by atoms with Gasteiger partial charge in [-0.3, -0.25) is 9.69 Å². The lowest BCUT2D eigenvalue weighted by atomic mass is 9.87. The number of ether oxygens (including phenoxy) is 3. The van der Waals surface area contributed by atoms with Gasteiger partial charge in [-0.15, -0.1) is 0 Å². The van der Waals surface area contributed by atoms with Crippen molar-refractivity contribution in [3.05, 3.63) is 54.1 Å². The van der Waals surface area contributed by atoms with Crippen LogP contribution in [0.4, 0.5) is 4.79 Å². The van der Waals surface area contributed by atoms with Gasteiger partial charge < -0.3 is 24.1 Å². The van der Waals surface area contributed by atoms with Crippen molar-refractivity contribution >= 4 is 12.1 Å². The number of amides is 1. The predicted molar refractivity (Wildman–Crippen MR) is 148 cm³/mol. The first-order valence-corrected chi connectivity index (χ1v) is 14.3. The van der Waals surface area contributed by atoms with Crippen LogP contribution in [0.5, 0.6) is 0 Å². The summed E-state index contributed by atoms with van der Waals surface area (Å²) in [4.78, 5) is 31.8. The van der Waals surface area contributed by atoms with E-state index in [0.717, 1.165) is 23.7 Å². The van der Waals surface area contributed by atoms with Crippen LogP contribution in [0.3, 0.4) is 0 Å². The first-order valence-electron chi connectivity index (χ1n) is 14.3. The molecule has 1 aromatic carbocycles. The van der Waals surface area contributed by atoms with Crippen LogP contribution in [0.15, 0.2) is 42.9 Å². The summed E-state index contributed by atoms with van der Waals surface area (Å²) in [5.74, 6) is 0.489. The van der Waals surface area contributed by atoms with Crippen molar-refractivity contribution in [3.8, 4) is 0 Å². The van der Waals surface area contributed by atoms with Crippen LogP contribution in [0.2, 0.25) is 0 Å². The number of hydrogen-bond acceptors (Lipinski definition) is 7. The average molecular weight is 541 g/mol. The first-order chi connectivity index (χ1) is 18.9. The molecule has 2 aromatic rings. The van der Waals surface area contributed by atoms with Crippen molar-refractivity contribution in [2.45, 2.75) is 96.2 Å². The summed E-state index contributed by atoms with van der Waals surface area (Å²) < 4.78 is 18.7. The van der Waals surface area contributed by atoms with Crippen LogP contribution in [0.25, 0.3) is 0 Å². The summed E-state index contributed by atoms with van der Waals surface area (Å²) in [5.41, 5.74) is 1.02. The summed E-state index contributed by atoms with van der Waals surface area (Å²) in [7, 11) is 1.40. The first kappa shape index (κ1) is 29.1. The van der Waals surface area contributed by atoms with Crippen molar-refractivity contribution in [2.24, 2.45) is 5.92 Å². The Balaban J connectivity index is 1.27. The number of methoxy groups -OCH3 is 1. The van der Waals surface area contributed by atoms with Crippen molar-refractivity contribution in [2.75, 3.05) is 20.3 Å². The highest BCUT2D eigenvalue weighted by Crippen LogP contribution is 2.30. The van der Waals surface area contributed by atoms with Crippen molar-refractivity contribution < 1.29 is 23.8 Å². The topological polar surface area (TPSA) is 94.9 Å². The van der Waals surface area contributed by atoms with Crippen LogP contribution in [-0.4, -0.2) is 64.6 Å². The number of esters is 1. The predicted octanol–water partition coefficient (Wildman–Crippen LogP) is 4.69. The maximum absolute atomic E-state index is 13.0. The second-order valence-electron chi connectivity index (χ2n) is 11.2. The monoisotopic (exact) mass is 540 g/mol. The van der Waals surface area contributed by atoms with E-state index in [1.54, 1.807) is 4.90 Å². The zero-order valence-electron chi connectivity index (χ0n) is 23.6. The van der Waals surface area contributed by atoms with Gasteiger partial charge >= 0.3 is 12.1 Å². The molecule has 1 N–H and O–H groups in total. The molecular weight excluding hydrogens is 496 g/mol. The Hall–Kier alpha value is -2.91. The van der Waals surface area contributed by atoms with E-state index in [0.29, 0.717) is 26.0 Å². The molecule has 2 unspecified atom stereocenters. The third-order valence-electron chi connectivity index (χ3n) is 7.95. The Kier molecular flexibility index (Phi) is 10.4. The molecule has 9 nitrogen and oxygen atoms in total. The Labute approximate surface area is 232 Å². The van der Waals surface area contributed by atoms with Crippen LogP contribution in [0, 0.1) is 5.92 Å². The molecule has 2 aliphatic rings. The van der Waals surface area contributed by atoms with E-state index in [1.807, 2.05) is 56.7 Å². The fraction of sp³-hybridized carbons (Fsp3) is 0.633. The number of nitrogens with zero attached hydrogens (tertiary/aromatic N) is 3. The molecular formula is C30H44N4O5. The van der Waals surface area contributed by atoms with Crippen molar-refractivity contribution in [3.63, 3.8) is 0 Å². The third-order valence-corrected chi connectivity index (χ3v) is 7.95. The number of benzene rings is 1. The molecule has 2 fully saturated rings. The number of carbonyl (C=O) groups is 2. The molecule has 1 aromatic heterocycles. The Morgan fingerprint density at radius 3 is 2.67 bits per heavy atom. The highest BCUT2D eigenvalue weighted by molar-refractivity contribution is 5.76. The summed E-state index contributed by atoms with van der Waals surface area (Å²) in [6.07, 6.45) is 12.5. The smallest absolute Gasteiger partial charge is 0.412 e. The zero-order valence-corrected chi connectivity index (χ0v) is 23.6. The number of carbonyl (C=O) groups excluding carboxylic acids is 2. The van der Waals surface area contributed by atoms with Crippen molar-refractivity contribution in [1.82, 2.24) is 19.8 Å². The van der Waals surface area contributed by atoms with Gasteiger partial charge in [-0.05, 0) is 44.7 Å². The molecule has 39 heavy (non-hydrogen) atoms. The second-order valence-corrected chi connectivity index (χ2v) is 11.2. The Morgan fingerprint density at radius 2 is 1.92 bits per heavy atom. The number of aryl methyl sites for hydroxylation is 1. The maximum Gasteiger partial charge on any atom is 0.412 e. The lowest BCUT2D eigenvalue weighted by molar-refractivity contribution is -0.143. The van der Waals surface area contributed by atoms with Gasteiger partial charge in [-0.2, -0.15) is 0 Å².